The van der Waals surface area contributed by atoms with Crippen LogP contribution in [0.4, 0.5) is 0 Å². The summed E-state index contributed by atoms with van der Waals surface area (Å²) in [6, 6.07) is 0. The zero-order chi connectivity index (χ0) is 9.68. The lowest BCUT2D eigenvalue weighted by atomic mass is 10.0. The van der Waals surface area contributed by atoms with Crippen LogP contribution < -0.4 is 0 Å². The summed E-state index contributed by atoms with van der Waals surface area (Å²) in [6.45, 7) is 3.90. The lowest BCUT2D eigenvalue weighted by Gasteiger charge is -2.30. The van der Waals surface area contributed by atoms with Crippen LogP contribution in [-0.2, 0) is 4.79 Å². The van der Waals surface area contributed by atoms with Gasteiger partial charge in [-0.2, -0.15) is 5.26 Å². The van der Waals surface area contributed by atoms with E-state index in [0.29, 0.717) is 11.7 Å². The van der Waals surface area contributed by atoms with E-state index >= 15 is 0 Å². The van der Waals surface area contributed by atoms with Crippen LogP contribution in [0.25, 0.3) is 0 Å². The third kappa shape index (κ3) is 3.27. The molecular formula is C9H14N2OS. The number of thioether (sulfide) groups is 1. The molecule has 4 heteroatoms. The van der Waals surface area contributed by atoms with Crippen LogP contribution in [0.1, 0.15) is 19.8 Å². The Labute approximate surface area is 83.1 Å². The van der Waals surface area contributed by atoms with Gasteiger partial charge in [0.1, 0.15) is 5.40 Å². The van der Waals surface area contributed by atoms with Crippen molar-refractivity contribution in [2.24, 2.45) is 5.92 Å². The minimum atomic E-state index is 0.109. The number of hydrogen-bond donors (Lipinski definition) is 0. The van der Waals surface area contributed by atoms with Gasteiger partial charge in [0.05, 0.1) is 5.75 Å². The van der Waals surface area contributed by atoms with Gasteiger partial charge < -0.3 is 4.90 Å². The molecule has 1 amide bonds. The number of carbonyl (C=O) groups is 1. The van der Waals surface area contributed by atoms with E-state index < -0.39 is 0 Å². The number of rotatable bonds is 2. The first-order chi connectivity index (χ1) is 6.24. The summed E-state index contributed by atoms with van der Waals surface area (Å²) >= 11 is 1.03. The highest BCUT2D eigenvalue weighted by atomic mass is 32.2. The van der Waals surface area contributed by atoms with Crippen molar-refractivity contribution >= 4 is 17.7 Å². The van der Waals surface area contributed by atoms with Gasteiger partial charge in [-0.1, -0.05) is 6.92 Å². The molecule has 1 aliphatic rings. The third-order valence-corrected chi connectivity index (χ3v) is 2.79. The maximum Gasteiger partial charge on any atom is 0.233 e. The highest BCUT2D eigenvalue weighted by Gasteiger charge is 2.20. The molecule has 0 spiro atoms. The summed E-state index contributed by atoms with van der Waals surface area (Å²) in [5.41, 5.74) is 0. The summed E-state index contributed by atoms with van der Waals surface area (Å²) in [5, 5.41) is 10.2. The molecular weight excluding hydrogens is 184 g/mol. The monoisotopic (exact) mass is 198 g/mol. The Morgan fingerprint density at radius 2 is 2.54 bits per heavy atom. The van der Waals surface area contributed by atoms with Gasteiger partial charge in [0.15, 0.2) is 0 Å². The second-order valence-corrected chi connectivity index (χ2v) is 4.23. The number of amides is 1. The number of thiocyanates is 1. The van der Waals surface area contributed by atoms with Crippen LogP contribution in [0, 0.1) is 16.6 Å². The van der Waals surface area contributed by atoms with Crippen molar-refractivity contribution in [2.45, 2.75) is 19.8 Å². The summed E-state index contributed by atoms with van der Waals surface area (Å²) in [5.74, 6) is 1.03. The molecule has 1 fully saturated rings. The van der Waals surface area contributed by atoms with E-state index in [1.54, 1.807) is 0 Å². The Balaban J connectivity index is 2.33. The normalized spacial score (nSPS) is 22.5. The van der Waals surface area contributed by atoms with E-state index in [9.17, 15) is 4.79 Å². The zero-order valence-corrected chi connectivity index (χ0v) is 8.64. The fourth-order valence-electron chi connectivity index (χ4n) is 1.60. The Kier molecular flexibility index (Phi) is 4.10. The summed E-state index contributed by atoms with van der Waals surface area (Å²) < 4.78 is 0. The fraction of sp³-hybridized carbons (Fsp3) is 0.778. The molecule has 13 heavy (non-hydrogen) atoms. The van der Waals surface area contributed by atoms with Crippen LogP contribution >= 0.6 is 11.8 Å². The van der Waals surface area contributed by atoms with Crippen LogP contribution in [0.15, 0.2) is 0 Å². The van der Waals surface area contributed by atoms with Gasteiger partial charge >= 0.3 is 0 Å². The Hall–Kier alpha value is -0.690. The largest absolute Gasteiger partial charge is 0.342 e. The predicted octanol–water partition coefficient (Wildman–Crippen LogP) is 1.46. The zero-order valence-electron chi connectivity index (χ0n) is 7.82. The van der Waals surface area contributed by atoms with E-state index in [-0.39, 0.29) is 5.91 Å². The highest BCUT2D eigenvalue weighted by molar-refractivity contribution is 8.04. The van der Waals surface area contributed by atoms with Gasteiger partial charge in [-0.15, -0.1) is 0 Å². The van der Waals surface area contributed by atoms with Crippen LogP contribution in [-0.4, -0.2) is 29.6 Å². The molecule has 3 nitrogen and oxygen atoms in total. The molecule has 0 saturated carbocycles. The van der Waals surface area contributed by atoms with Crippen molar-refractivity contribution in [1.82, 2.24) is 4.90 Å². The maximum atomic E-state index is 11.5. The average Bonchev–Trinajstić information content (AvgIpc) is 2.14. The Morgan fingerprint density at radius 1 is 1.77 bits per heavy atom. The van der Waals surface area contributed by atoms with E-state index in [1.807, 2.05) is 10.3 Å². The molecule has 0 aromatic rings. The Bertz CT molecular complexity index is 224. The number of hydrogen-bond acceptors (Lipinski definition) is 3. The average molecular weight is 198 g/mol. The lowest BCUT2D eigenvalue weighted by Crippen LogP contribution is -2.40. The summed E-state index contributed by atoms with van der Waals surface area (Å²) in [7, 11) is 0. The molecule has 1 unspecified atom stereocenters. The minimum Gasteiger partial charge on any atom is -0.342 e. The van der Waals surface area contributed by atoms with E-state index in [0.717, 1.165) is 31.3 Å². The van der Waals surface area contributed by atoms with Crippen molar-refractivity contribution in [2.75, 3.05) is 18.8 Å². The summed E-state index contributed by atoms with van der Waals surface area (Å²) in [4.78, 5) is 13.3. The van der Waals surface area contributed by atoms with Gasteiger partial charge in [0, 0.05) is 13.1 Å². The first-order valence-electron chi connectivity index (χ1n) is 4.52. The van der Waals surface area contributed by atoms with E-state index in [4.69, 9.17) is 5.26 Å². The van der Waals surface area contributed by atoms with Crippen molar-refractivity contribution in [3.63, 3.8) is 0 Å². The number of nitriles is 1. The van der Waals surface area contributed by atoms with Gasteiger partial charge in [0.2, 0.25) is 5.91 Å². The molecule has 0 aliphatic carbocycles. The van der Waals surface area contributed by atoms with Gasteiger partial charge in [0.25, 0.3) is 0 Å². The molecule has 0 radical (unpaired) electrons. The molecule has 72 valence electrons. The Morgan fingerprint density at radius 3 is 3.15 bits per heavy atom. The second-order valence-electron chi connectivity index (χ2n) is 3.47. The molecule has 0 N–H and O–H groups in total. The standard InChI is InChI=1S/C9H14N2OS/c1-8-3-2-4-11(5-8)9(12)6-13-7-10/h8H,2-6H2,1H3. The number of nitrogens with zero attached hydrogens (tertiary/aromatic N) is 2. The van der Waals surface area contributed by atoms with Crippen molar-refractivity contribution < 1.29 is 4.79 Å². The predicted molar refractivity (Wildman–Crippen MR) is 53.0 cm³/mol. The number of piperidine rings is 1. The van der Waals surface area contributed by atoms with Crippen LogP contribution in [0.2, 0.25) is 0 Å². The van der Waals surface area contributed by atoms with E-state index in [1.165, 1.54) is 6.42 Å². The minimum absolute atomic E-state index is 0.109. The van der Waals surface area contributed by atoms with Gasteiger partial charge in [-0.25, -0.2) is 0 Å². The smallest absolute Gasteiger partial charge is 0.233 e. The molecule has 1 aliphatic heterocycles. The molecule has 1 rings (SSSR count). The number of carbonyl (C=O) groups excluding carboxylic acids is 1. The van der Waals surface area contributed by atoms with Crippen molar-refractivity contribution in [3.8, 4) is 5.40 Å². The van der Waals surface area contributed by atoms with Gasteiger partial charge in [-0.05, 0) is 30.5 Å². The lowest BCUT2D eigenvalue weighted by molar-refractivity contribution is -0.129. The fourth-order valence-corrected chi connectivity index (χ4v) is 1.97. The third-order valence-electron chi connectivity index (χ3n) is 2.27. The van der Waals surface area contributed by atoms with Crippen molar-refractivity contribution in [3.05, 3.63) is 0 Å². The summed E-state index contributed by atoms with van der Waals surface area (Å²) in [6.07, 6.45) is 2.32. The highest BCUT2D eigenvalue weighted by Crippen LogP contribution is 2.16. The first kappa shape index (κ1) is 10.4. The molecule has 1 heterocycles. The van der Waals surface area contributed by atoms with Crippen molar-refractivity contribution in [1.29, 1.82) is 5.26 Å². The SMILES string of the molecule is CC1CCCN(C(=O)CSC#N)C1. The molecule has 0 aromatic carbocycles. The number of likely N-dealkylation sites (tertiary alicyclic amines) is 1. The second kappa shape index (κ2) is 5.13. The van der Waals surface area contributed by atoms with E-state index in [2.05, 4.69) is 6.92 Å². The first-order valence-corrected chi connectivity index (χ1v) is 5.51. The van der Waals surface area contributed by atoms with Crippen LogP contribution in [0.5, 0.6) is 0 Å². The molecule has 0 bridgehead atoms. The van der Waals surface area contributed by atoms with Crippen LogP contribution in [0.3, 0.4) is 0 Å². The maximum absolute atomic E-state index is 11.5. The topological polar surface area (TPSA) is 44.1 Å². The quantitative estimate of drug-likeness (QED) is 0.631. The molecule has 1 atom stereocenters. The molecule has 1 saturated heterocycles. The van der Waals surface area contributed by atoms with Gasteiger partial charge in [-0.3, -0.25) is 4.79 Å². The molecule has 0 aromatic heterocycles.